The van der Waals surface area contributed by atoms with Crippen LogP contribution in [0.5, 0.6) is 0 Å². The van der Waals surface area contributed by atoms with Crippen molar-refractivity contribution >= 4 is 40.2 Å². The Hall–Kier alpha value is -2.09. The number of aromatic amines is 1. The fraction of sp³-hybridized carbons (Fsp3) is 0.267. The van der Waals surface area contributed by atoms with E-state index in [0.29, 0.717) is 46.5 Å². The van der Waals surface area contributed by atoms with E-state index in [4.69, 9.17) is 28.3 Å². The molecule has 3 rings (SSSR count). The Balaban J connectivity index is 1.80. The first kappa shape index (κ1) is 16.8. The van der Waals surface area contributed by atoms with E-state index >= 15 is 0 Å². The molecule has 0 unspecified atom stereocenters. The molecule has 0 bridgehead atoms. The molecule has 3 aromatic rings. The molecule has 2 aromatic heterocycles. The highest BCUT2D eigenvalue weighted by Crippen LogP contribution is 2.22. The molecule has 0 spiro atoms. The third kappa shape index (κ3) is 3.53. The Bertz CT molecular complexity index is 922. The first-order valence-corrected chi connectivity index (χ1v) is 8.08. The van der Waals surface area contributed by atoms with Crippen molar-refractivity contribution in [3.05, 3.63) is 50.4 Å². The Labute approximate surface area is 147 Å². The highest BCUT2D eigenvalue weighted by atomic mass is 35.5. The van der Waals surface area contributed by atoms with E-state index in [1.807, 2.05) is 6.07 Å². The molecule has 9 heteroatoms. The molecule has 7 nitrogen and oxygen atoms in total. The number of fused-ring (bicyclic) bond motifs is 1. The Morgan fingerprint density at radius 1 is 1.29 bits per heavy atom. The van der Waals surface area contributed by atoms with Gasteiger partial charge in [-0.25, -0.2) is 4.98 Å². The molecule has 0 fully saturated rings. The van der Waals surface area contributed by atoms with Gasteiger partial charge in [0, 0.05) is 19.7 Å². The van der Waals surface area contributed by atoms with E-state index in [2.05, 4.69) is 20.4 Å². The van der Waals surface area contributed by atoms with E-state index in [9.17, 15) is 4.79 Å². The SMILES string of the molecule is O=c1[nH]c(NCc2ccc(Cl)c(Cl)c2)nc2cnn(CCCO)c12. The normalized spacial score (nSPS) is 11.1. The van der Waals surface area contributed by atoms with Gasteiger partial charge in [-0.15, -0.1) is 0 Å². The summed E-state index contributed by atoms with van der Waals surface area (Å²) in [6.07, 6.45) is 2.06. The summed E-state index contributed by atoms with van der Waals surface area (Å²) in [5.74, 6) is 0.347. The molecule has 2 heterocycles. The number of anilines is 1. The molecule has 0 aliphatic rings. The van der Waals surface area contributed by atoms with Crippen LogP contribution in [-0.4, -0.2) is 31.5 Å². The van der Waals surface area contributed by atoms with Gasteiger partial charge in [0.15, 0.2) is 5.52 Å². The van der Waals surface area contributed by atoms with E-state index in [0.717, 1.165) is 5.56 Å². The molecule has 0 saturated heterocycles. The van der Waals surface area contributed by atoms with Crippen molar-refractivity contribution in [1.82, 2.24) is 19.7 Å². The number of H-pyrrole nitrogens is 1. The summed E-state index contributed by atoms with van der Waals surface area (Å²) in [6.45, 7) is 0.931. The summed E-state index contributed by atoms with van der Waals surface area (Å²) in [7, 11) is 0. The van der Waals surface area contributed by atoms with Crippen LogP contribution in [0, 0.1) is 0 Å². The third-order valence-electron chi connectivity index (χ3n) is 3.47. The average molecular weight is 368 g/mol. The van der Waals surface area contributed by atoms with Gasteiger partial charge < -0.3 is 10.4 Å². The van der Waals surface area contributed by atoms with Gasteiger partial charge in [-0.2, -0.15) is 5.10 Å². The summed E-state index contributed by atoms with van der Waals surface area (Å²) >= 11 is 11.9. The maximum atomic E-state index is 12.3. The molecule has 0 atom stereocenters. The van der Waals surface area contributed by atoms with Gasteiger partial charge in [0.1, 0.15) is 5.52 Å². The number of nitrogens with one attached hydrogen (secondary N) is 2. The summed E-state index contributed by atoms with van der Waals surface area (Å²) in [6, 6.07) is 5.30. The number of nitrogens with zero attached hydrogens (tertiary/aromatic N) is 3. The van der Waals surface area contributed by atoms with Gasteiger partial charge in [-0.05, 0) is 24.1 Å². The summed E-state index contributed by atoms with van der Waals surface area (Å²) < 4.78 is 1.54. The van der Waals surface area contributed by atoms with Gasteiger partial charge in [0.05, 0.1) is 16.2 Å². The molecule has 3 N–H and O–H groups in total. The summed E-state index contributed by atoms with van der Waals surface area (Å²) in [5, 5.41) is 17.0. The topological polar surface area (TPSA) is 95.8 Å². The van der Waals surface area contributed by atoms with Crippen molar-refractivity contribution < 1.29 is 5.11 Å². The Morgan fingerprint density at radius 3 is 2.88 bits per heavy atom. The molecule has 0 aliphatic carbocycles. The molecule has 24 heavy (non-hydrogen) atoms. The van der Waals surface area contributed by atoms with Gasteiger partial charge >= 0.3 is 0 Å². The highest BCUT2D eigenvalue weighted by molar-refractivity contribution is 6.42. The van der Waals surface area contributed by atoms with Crippen LogP contribution >= 0.6 is 23.2 Å². The molecule has 126 valence electrons. The van der Waals surface area contributed by atoms with Crippen LogP contribution in [0.2, 0.25) is 10.0 Å². The van der Waals surface area contributed by atoms with Gasteiger partial charge in [-0.3, -0.25) is 14.5 Å². The third-order valence-corrected chi connectivity index (χ3v) is 4.21. The van der Waals surface area contributed by atoms with Crippen LogP contribution in [0.15, 0.2) is 29.2 Å². The van der Waals surface area contributed by atoms with Crippen molar-refractivity contribution in [2.45, 2.75) is 19.5 Å². The minimum Gasteiger partial charge on any atom is -0.396 e. The van der Waals surface area contributed by atoms with Gasteiger partial charge in [0.2, 0.25) is 5.95 Å². The van der Waals surface area contributed by atoms with Gasteiger partial charge in [-0.1, -0.05) is 29.3 Å². The van der Waals surface area contributed by atoms with E-state index < -0.39 is 0 Å². The van der Waals surface area contributed by atoms with Crippen molar-refractivity contribution in [1.29, 1.82) is 0 Å². The van der Waals surface area contributed by atoms with Crippen molar-refractivity contribution in [2.75, 3.05) is 11.9 Å². The number of hydrogen-bond acceptors (Lipinski definition) is 5. The number of benzene rings is 1. The fourth-order valence-electron chi connectivity index (χ4n) is 2.32. The van der Waals surface area contributed by atoms with Crippen LogP contribution in [-0.2, 0) is 13.1 Å². The standard InChI is InChI=1S/C15H15Cl2N5O2/c16-10-3-2-9(6-11(10)17)7-18-15-20-12-8-19-22(4-1-5-23)13(12)14(24)21-15/h2-3,6,8,23H,1,4-5,7H2,(H2,18,20,21,24). The largest absolute Gasteiger partial charge is 0.396 e. The number of aliphatic hydroxyl groups excluding tert-OH is 1. The second kappa shape index (κ2) is 7.21. The predicted octanol–water partition coefficient (Wildman–Crippen LogP) is 2.42. The van der Waals surface area contributed by atoms with Crippen molar-refractivity contribution in [3.8, 4) is 0 Å². The van der Waals surface area contributed by atoms with E-state index in [1.54, 1.807) is 16.8 Å². The highest BCUT2D eigenvalue weighted by Gasteiger charge is 2.10. The van der Waals surface area contributed by atoms with Crippen LogP contribution in [0.3, 0.4) is 0 Å². The van der Waals surface area contributed by atoms with Gasteiger partial charge in [0.25, 0.3) is 5.56 Å². The lowest BCUT2D eigenvalue weighted by Gasteiger charge is -2.07. The average Bonchev–Trinajstić information content (AvgIpc) is 2.97. The van der Waals surface area contributed by atoms with Crippen molar-refractivity contribution in [2.24, 2.45) is 0 Å². The molecule has 1 aromatic carbocycles. The van der Waals surface area contributed by atoms with E-state index in [1.165, 1.54) is 6.20 Å². The van der Waals surface area contributed by atoms with E-state index in [-0.39, 0.29) is 12.2 Å². The molecule has 0 saturated carbocycles. The number of halogens is 2. The number of aliphatic hydroxyl groups is 1. The predicted molar refractivity (Wildman–Crippen MR) is 93.6 cm³/mol. The maximum Gasteiger partial charge on any atom is 0.278 e. The lowest BCUT2D eigenvalue weighted by atomic mass is 10.2. The number of aryl methyl sites for hydroxylation is 1. The molecule has 0 amide bonds. The molecular weight excluding hydrogens is 353 g/mol. The zero-order valence-electron chi connectivity index (χ0n) is 12.6. The summed E-state index contributed by atoms with van der Waals surface area (Å²) in [5.41, 5.74) is 1.51. The minimum absolute atomic E-state index is 0.0377. The number of rotatable bonds is 6. The lowest BCUT2D eigenvalue weighted by Crippen LogP contribution is -2.16. The summed E-state index contributed by atoms with van der Waals surface area (Å²) in [4.78, 5) is 19.3. The Morgan fingerprint density at radius 2 is 2.12 bits per heavy atom. The monoisotopic (exact) mass is 367 g/mol. The zero-order chi connectivity index (χ0) is 17.1. The van der Waals surface area contributed by atoms with Crippen LogP contribution in [0.25, 0.3) is 11.0 Å². The smallest absolute Gasteiger partial charge is 0.278 e. The van der Waals surface area contributed by atoms with Crippen LogP contribution < -0.4 is 10.9 Å². The van der Waals surface area contributed by atoms with Crippen LogP contribution in [0.4, 0.5) is 5.95 Å². The second-order valence-electron chi connectivity index (χ2n) is 5.20. The van der Waals surface area contributed by atoms with Crippen LogP contribution in [0.1, 0.15) is 12.0 Å². The maximum absolute atomic E-state index is 12.3. The lowest BCUT2D eigenvalue weighted by molar-refractivity contribution is 0.278. The molecule has 0 radical (unpaired) electrons. The second-order valence-corrected chi connectivity index (χ2v) is 6.01. The molecular formula is C15H15Cl2N5O2. The number of hydrogen-bond donors (Lipinski definition) is 3. The zero-order valence-corrected chi connectivity index (χ0v) is 14.1. The van der Waals surface area contributed by atoms with Crippen molar-refractivity contribution in [3.63, 3.8) is 0 Å². The minimum atomic E-state index is -0.285. The Kier molecular flexibility index (Phi) is 5.03. The fourth-order valence-corrected chi connectivity index (χ4v) is 2.64. The first-order chi connectivity index (χ1) is 11.6. The first-order valence-electron chi connectivity index (χ1n) is 7.33. The molecule has 0 aliphatic heterocycles. The number of aromatic nitrogens is 4. The quantitative estimate of drug-likeness (QED) is 0.621.